The molecule has 15 heavy (non-hydrogen) atoms. The highest BCUT2D eigenvalue weighted by Crippen LogP contribution is 2.22. The number of ether oxygens (including phenoxy) is 1. The Morgan fingerprint density at radius 3 is 2.87 bits per heavy atom. The van der Waals surface area contributed by atoms with Gasteiger partial charge in [-0.2, -0.15) is 0 Å². The third kappa shape index (κ3) is 3.81. The molecule has 0 saturated carbocycles. The lowest BCUT2D eigenvalue weighted by Gasteiger charge is -2.13. The average molecular weight is 273 g/mol. The summed E-state index contributed by atoms with van der Waals surface area (Å²) in [5, 5.41) is 3.33. The average Bonchev–Trinajstić information content (AvgIpc) is 2.27. The lowest BCUT2D eigenvalue weighted by atomic mass is 10.2. The normalized spacial score (nSPS) is 12.5. The zero-order valence-electron chi connectivity index (χ0n) is 9.09. The molecule has 0 aliphatic carbocycles. The summed E-state index contributed by atoms with van der Waals surface area (Å²) in [7, 11) is 1.67. The number of halogens is 1. The van der Waals surface area contributed by atoms with E-state index in [1.165, 1.54) is 5.56 Å². The van der Waals surface area contributed by atoms with Gasteiger partial charge in [-0.15, -0.1) is 0 Å². The molecular weight excluding hydrogens is 256 g/mol. The van der Waals surface area contributed by atoms with Gasteiger partial charge >= 0.3 is 0 Å². The molecule has 0 radical (unpaired) electrons. The van der Waals surface area contributed by atoms with Gasteiger partial charge in [-0.1, -0.05) is 15.9 Å². The molecule has 84 valence electrons. The van der Waals surface area contributed by atoms with Gasteiger partial charge in [0.15, 0.2) is 0 Å². The van der Waals surface area contributed by atoms with Gasteiger partial charge < -0.3 is 15.8 Å². The van der Waals surface area contributed by atoms with Gasteiger partial charge in [0, 0.05) is 23.6 Å². The number of rotatable bonds is 5. The first-order chi connectivity index (χ1) is 7.17. The van der Waals surface area contributed by atoms with Crippen LogP contribution in [0.5, 0.6) is 5.75 Å². The van der Waals surface area contributed by atoms with Crippen molar-refractivity contribution in [2.45, 2.75) is 19.5 Å². The van der Waals surface area contributed by atoms with E-state index in [0.717, 1.165) is 16.8 Å². The van der Waals surface area contributed by atoms with Crippen LogP contribution in [0.25, 0.3) is 0 Å². The first kappa shape index (κ1) is 12.5. The van der Waals surface area contributed by atoms with Gasteiger partial charge in [0.25, 0.3) is 0 Å². The van der Waals surface area contributed by atoms with Crippen LogP contribution in [0.1, 0.15) is 12.5 Å². The summed E-state index contributed by atoms with van der Waals surface area (Å²) in [6.07, 6.45) is 0. The molecule has 0 fully saturated rings. The predicted molar refractivity (Wildman–Crippen MR) is 66.1 cm³/mol. The Balaban J connectivity index is 2.66. The minimum Gasteiger partial charge on any atom is -0.497 e. The van der Waals surface area contributed by atoms with Crippen LogP contribution in [0, 0.1) is 0 Å². The van der Waals surface area contributed by atoms with Gasteiger partial charge in [-0.25, -0.2) is 0 Å². The summed E-state index contributed by atoms with van der Waals surface area (Å²) in [5.41, 5.74) is 6.71. The maximum Gasteiger partial charge on any atom is 0.119 e. The molecule has 3 nitrogen and oxygen atoms in total. The number of methoxy groups -OCH3 is 1. The molecule has 0 saturated heterocycles. The van der Waals surface area contributed by atoms with Crippen LogP contribution in [0.3, 0.4) is 0 Å². The van der Waals surface area contributed by atoms with E-state index in [1.54, 1.807) is 7.11 Å². The molecule has 0 aliphatic heterocycles. The number of benzene rings is 1. The van der Waals surface area contributed by atoms with E-state index in [2.05, 4.69) is 28.2 Å². The van der Waals surface area contributed by atoms with E-state index in [4.69, 9.17) is 10.5 Å². The molecule has 0 spiro atoms. The zero-order valence-corrected chi connectivity index (χ0v) is 10.7. The molecule has 1 aromatic carbocycles. The van der Waals surface area contributed by atoms with E-state index in [-0.39, 0.29) is 0 Å². The van der Waals surface area contributed by atoms with Crippen LogP contribution < -0.4 is 15.8 Å². The monoisotopic (exact) mass is 272 g/mol. The maximum atomic E-state index is 5.53. The Morgan fingerprint density at radius 2 is 2.27 bits per heavy atom. The summed E-state index contributed by atoms with van der Waals surface area (Å²) in [6, 6.07) is 6.26. The molecule has 0 aliphatic rings. The first-order valence-corrected chi connectivity index (χ1v) is 5.72. The van der Waals surface area contributed by atoms with Crippen molar-refractivity contribution in [2.24, 2.45) is 5.73 Å². The maximum absolute atomic E-state index is 5.53. The lowest BCUT2D eigenvalue weighted by molar-refractivity contribution is 0.413. The summed E-state index contributed by atoms with van der Waals surface area (Å²) >= 11 is 3.50. The molecular formula is C11H17BrN2O. The molecule has 0 aromatic heterocycles. The molecule has 0 heterocycles. The van der Waals surface area contributed by atoms with Crippen LogP contribution in [0.4, 0.5) is 0 Å². The second-order valence-corrected chi connectivity index (χ2v) is 4.33. The summed E-state index contributed by atoms with van der Waals surface area (Å²) in [5.74, 6) is 0.871. The highest BCUT2D eigenvalue weighted by Gasteiger charge is 2.03. The highest BCUT2D eigenvalue weighted by atomic mass is 79.9. The van der Waals surface area contributed by atoms with Crippen molar-refractivity contribution in [1.29, 1.82) is 0 Å². The molecule has 3 N–H and O–H groups in total. The fourth-order valence-corrected chi connectivity index (χ4v) is 1.57. The minimum atomic E-state index is 0.322. The van der Waals surface area contributed by atoms with Crippen LogP contribution in [0.15, 0.2) is 22.7 Å². The van der Waals surface area contributed by atoms with Gasteiger partial charge in [-0.3, -0.25) is 0 Å². The van der Waals surface area contributed by atoms with E-state index in [0.29, 0.717) is 12.6 Å². The van der Waals surface area contributed by atoms with E-state index in [1.807, 2.05) is 18.2 Å². The van der Waals surface area contributed by atoms with Crippen LogP contribution in [-0.4, -0.2) is 19.7 Å². The lowest BCUT2D eigenvalue weighted by Crippen LogP contribution is -2.32. The Kier molecular flexibility index (Phi) is 5.08. The van der Waals surface area contributed by atoms with Crippen LogP contribution in [-0.2, 0) is 6.54 Å². The van der Waals surface area contributed by atoms with Crippen molar-refractivity contribution in [3.8, 4) is 5.75 Å². The fourth-order valence-electron chi connectivity index (χ4n) is 1.18. The third-order valence-electron chi connectivity index (χ3n) is 2.25. The van der Waals surface area contributed by atoms with Crippen LogP contribution >= 0.6 is 15.9 Å². The molecule has 1 aromatic rings. The number of nitrogens with one attached hydrogen (secondary N) is 1. The van der Waals surface area contributed by atoms with Gasteiger partial charge in [0.2, 0.25) is 0 Å². The molecule has 0 bridgehead atoms. The molecule has 0 amide bonds. The topological polar surface area (TPSA) is 47.3 Å². The molecule has 1 rings (SSSR count). The highest BCUT2D eigenvalue weighted by molar-refractivity contribution is 9.10. The van der Waals surface area contributed by atoms with Crippen molar-refractivity contribution < 1.29 is 4.74 Å². The fraction of sp³-hybridized carbons (Fsp3) is 0.455. The summed E-state index contributed by atoms with van der Waals surface area (Å²) in [6.45, 7) is 3.49. The van der Waals surface area contributed by atoms with Crippen LogP contribution in [0.2, 0.25) is 0 Å². The standard InChI is InChI=1S/C11H17BrN2O/c1-8(6-13)14-7-9-5-10(15-2)3-4-11(9)12/h3-5,8,14H,6-7,13H2,1-2H3/t8-/m1/s1. The number of hydrogen-bond acceptors (Lipinski definition) is 3. The van der Waals surface area contributed by atoms with Crippen molar-refractivity contribution in [1.82, 2.24) is 5.32 Å². The molecule has 1 atom stereocenters. The van der Waals surface area contributed by atoms with Crippen molar-refractivity contribution in [2.75, 3.05) is 13.7 Å². The first-order valence-electron chi connectivity index (χ1n) is 4.93. The SMILES string of the molecule is COc1ccc(Br)c(CN[C@H](C)CN)c1. The Labute approximate surface area is 99.1 Å². The van der Waals surface area contributed by atoms with Gasteiger partial charge in [-0.05, 0) is 30.7 Å². The molecule has 0 unspecified atom stereocenters. The number of nitrogens with two attached hydrogens (primary N) is 1. The largest absolute Gasteiger partial charge is 0.497 e. The quantitative estimate of drug-likeness (QED) is 0.861. The Hall–Kier alpha value is -0.580. The Morgan fingerprint density at radius 1 is 1.53 bits per heavy atom. The molecule has 4 heteroatoms. The van der Waals surface area contributed by atoms with Crippen molar-refractivity contribution >= 4 is 15.9 Å². The van der Waals surface area contributed by atoms with Crippen molar-refractivity contribution in [3.05, 3.63) is 28.2 Å². The second kappa shape index (κ2) is 6.10. The van der Waals surface area contributed by atoms with Gasteiger partial charge in [0.1, 0.15) is 5.75 Å². The summed E-state index contributed by atoms with van der Waals surface area (Å²) in [4.78, 5) is 0. The zero-order chi connectivity index (χ0) is 11.3. The van der Waals surface area contributed by atoms with E-state index >= 15 is 0 Å². The number of hydrogen-bond donors (Lipinski definition) is 2. The van der Waals surface area contributed by atoms with Gasteiger partial charge in [0.05, 0.1) is 7.11 Å². The third-order valence-corrected chi connectivity index (χ3v) is 3.02. The predicted octanol–water partition coefficient (Wildman–Crippen LogP) is 1.89. The van der Waals surface area contributed by atoms with E-state index < -0.39 is 0 Å². The van der Waals surface area contributed by atoms with Crippen molar-refractivity contribution in [3.63, 3.8) is 0 Å². The van der Waals surface area contributed by atoms with E-state index in [9.17, 15) is 0 Å². The summed E-state index contributed by atoms with van der Waals surface area (Å²) < 4.78 is 6.25. The Bertz CT molecular complexity index is 317. The smallest absolute Gasteiger partial charge is 0.119 e. The second-order valence-electron chi connectivity index (χ2n) is 3.47. The minimum absolute atomic E-state index is 0.322.